The summed E-state index contributed by atoms with van der Waals surface area (Å²) in [6.07, 6.45) is 0. The van der Waals surface area contributed by atoms with Crippen LogP contribution in [-0.4, -0.2) is 14.3 Å². The van der Waals surface area contributed by atoms with Gasteiger partial charge in [-0.15, -0.1) is 0 Å². The molecular weight excluding hydrogens is 356 g/mol. The fourth-order valence-electron chi connectivity index (χ4n) is 3.17. The van der Waals surface area contributed by atoms with Crippen molar-refractivity contribution in [3.05, 3.63) is 75.3 Å². The van der Waals surface area contributed by atoms with Crippen LogP contribution in [0.2, 0.25) is 0 Å². The van der Waals surface area contributed by atoms with Gasteiger partial charge in [0.1, 0.15) is 18.0 Å². The summed E-state index contributed by atoms with van der Waals surface area (Å²) in [5, 5.41) is 33.1. The third-order valence-corrected chi connectivity index (χ3v) is 4.48. The minimum absolute atomic E-state index is 0.147. The van der Waals surface area contributed by atoms with Crippen molar-refractivity contribution >= 4 is 33.9 Å². The van der Waals surface area contributed by atoms with Gasteiger partial charge in [0.2, 0.25) is 0 Å². The summed E-state index contributed by atoms with van der Waals surface area (Å²) < 4.78 is 1.81. The van der Waals surface area contributed by atoms with Crippen LogP contribution in [0.4, 0.5) is 17.2 Å². The molecule has 2 heterocycles. The second kappa shape index (κ2) is 6.38. The average molecular weight is 368 g/mol. The van der Waals surface area contributed by atoms with Gasteiger partial charge in [0, 0.05) is 12.1 Å². The Morgan fingerprint density at radius 2 is 1.93 bits per heavy atom. The minimum atomic E-state index is -0.544. The highest BCUT2D eigenvalue weighted by Gasteiger charge is 2.17. The zero-order valence-corrected chi connectivity index (χ0v) is 14.7. The molecule has 0 aliphatic rings. The molecule has 8 heteroatoms. The molecule has 4 aromatic rings. The van der Waals surface area contributed by atoms with Crippen LogP contribution in [0.3, 0.4) is 0 Å². The maximum absolute atomic E-state index is 11.0. The van der Waals surface area contributed by atoms with Crippen molar-refractivity contribution in [1.82, 2.24) is 9.38 Å². The van der Waals surface area contributed by atoms with E-state index in [1.165, 1.54) is 18.2 Å². The van der Waals surface area contributed by atoms with Crippen molar-refractivity contribution in [3.8, 4) is 12.1 Å². The van der Waals surface area contributed by atoms with E-state index in [4.69, 9.17) is 0 Å². The number of imidazole rings is 1. The zero-order chi connectivity index (χ0) is 19.8. The molecule has 0 amide bonds. The van der Waals surface area contributed by atoms with Crippen LogP contribution in [0.1, 0.15) is 16.7 Å². The number of nitro groups is 1. The van der Waals surface area contributed by atoms with Gasteiger partial charge in [0.15, 0.2) is 5.65 Å². The number of benzene rings is 2. The summed E-state index contributed by atoms with van der Waals surface area (Å²) >= 11 is 0. The van der Waals surface area contributed by atoms with E-state index in [1.807, 2.05) is 41.7 Å². The third-order valence-electron chi connectivity index (χ3n) is 4.48. The van der Waals surface area contributed by atoms with Crippen LogP contribution >= 0.6 is 0 Å². The van der Waals surface area contributed by atoms with Crippen LogP contribution in [0, 0.1) is 39.7 Å². The molecule has 0 bridgehead atoms. The standard InChI is InChI=1S/C20H12N6O2/c1-12-8-19(23-16-7-6-14(26(27)28)9-13(16)10-21)25-18-5-3-2-4-17(18)24-20(25)15(12)11-22/h2-9,23H,1H3. The second-order valence-electron chi connectivity index (χ2n) is 6.18. The van der Waals surface area contributed by atoms with Gasteiger partial charge in [-0.25, -0.2) is 4.98 Å². The first-order chi connectivity index (χ1) is 13.5. The van der Waals surface area contributed by atoms with Crippen molar-refractivity contribution in [1.29, 1.82) is 10.5 Å². The zero-order valence-electron chi connectivity index (χ0n) is 14.7. The average Bonchev–Trinajstić information content (AvgIpc) is 3.07. The topological polar surface area (TPSA) is 120 Å². The number of nitrogens with zero attached hydrogens (tertiary/aromatic N) is 5. The van der Waals surface area contributed by atoms with E-state index in [0.29, 0.717) is 22.7 Å². The molecule has 8 nitrogen and oxygen atoms in total. The van der Waals surface area contributed by atoms with E-state index in [2.05, 4.69) is 16.4 Å². The largest absolute Gasteiger partial charge is 0.340 e. The van der Waals surface area contributed by atoms with Crippen LogP contribution in [-0.2, 0) is 0 Å². The van der Waals surface area contributed by atoms with E-state index in [9.17, 15) is 20.6 Å². The molecule has 1 N–H and O–H groups in total. The number of fused-ring (bicyclic) bond motifs is 3. The number of non-ortho nitro benzene ring substituents is 1. The number of para-hydroxylation sites is 2. The van der Waals surface area contributed by atoms with Crippen LogP contribution in [0.15, 0.2) is 48.5 Å². The number of aromatic nitrogens is 2. The molecule has 2 aromatic carbocycles. The molecule has 4 rings (SSSR count). The highest BCUT2D eigenvalue weighted by atomic mass is 16.6. The SMILES string of the molecule is Cc1cc(Nc2ccc([N+](=O)[O-])cc2C#N)n2c(nc3ccccc32)c1C#N. The highest BCUT2D eigenvalue weighted by molar-refractivity contribution is 5.86. The maximum Gasteiger partial charge on any atom is 0.270 e. The Hall–Kier alpha value is -4.43. The van der Waals surface area contributed by atoms with Gasteiger partial charge < -0.3 is 5.32 Å². The monoisotopic (exact) mass is 368 g/mol. The highest BCUT2D eigenvalue weighted by Crippen LogP contribution is 2.30. The van der Waals surface area contributed by atoms with Crippen molar-refractivity contribution < 1.29 is 4.92 Å². The molecule has 0 saturated carbocycles. The number of pyridine rings is 1. The lowest BCUT2D eigenvalue weighted by atomic mass is 10.1. The minimum Gasteiger partial charge on any atom is -0.340 e. The predicted molar refractivity (Wildman–Crippen MR) is 103 cm³/mol. The molecule has 0 aliphatic carbocycles. The maximum atomic E-state index is 11.0. The Balaban J connectivity index is 1.97. The van der Waals surface area contributed by atoms with Crippen LogP contribution in [0.25, 0.3) is 16.7 Å². The lowest BCUT2D eigenvalue weighted by Gasteiger charge is -2.13. The molecule has 0 fully saturated rings. The van der Waals surface area contributed by atoms with Gasteiger partial charge in [-0.1, -0.05) is 12.1 Å². The predicted octanol–water partition coefficient (Wildman–Crippen LogP) is 4.19. The number of nitro benzene ring substituents is 1. The van der Waals surface area contributed by atoms with E-state index in [-0.39, 0.29) is 11.3 Å². The summed E-state index contributed by atoms with van der Waals surface area (Å²) in [6, 6.07) is 17.5. The molecule has 0 saturated heterocycles. The Morgan fingerprint density at radius 3 is 2.64 bits per heavy atom. The first-order valence-electron chi connectivity index (χ1n) is 8.30. The van der Waals surface area contributed by atoms with Crippen LogP contribution < -0.4 is 5.32 Å². The number of hydrogen-bond donors (Lipinski definition) is 1. The van der Waals surface area contributed by atoms with Crippen molar-refractivity contribution in [3.63, 3.8) is 0 Å². The molecule has 2 aromatic heterocycles. The molecule has 0 aliphatic heterocycles. The van der Waals surface area contributed by atoms with Gasteiger partial charge >= 0.3 is 0 Å². The van der Waals surface area contributed by atoms with E-state index in [0.717, 1.165) is 16.6 Å². The van der Waals surface area contributed by atoms with Gasteiger partial charge in [0.05, 0.1) is 32.8 Å². The van der Waals surface area contributed by atoms with Crippen LogP contribution in [0.5, 0.6) is 0 Å². The summed E-state index contributed by atoms with van der Waals surface area (Å²) in [7, 11) is 0. The number of hydrogen-bond acceptors (Lipinski definition) is 6. The van der Waals surface area contributed by atoms with Gasteiger partial charge in [0.25, 0.3) is 5.69 Å². The van der Waals surface area contributed by atoms with Gasteiger partial charge in [-0.05, 0) is 36.8 Å². The van der Waals surface area contributed by atoms with Crippen molar-refractivity contribution in [2.45, 2.75) is 6.92 Å². The smallest absolute Gasteiger partial charge is 0.270 e. The number of nitrogens with one attached hydrogen (secondary N) is 1. The molecule has 28 heavy (non-hydrogen) atoms. The lowest BCUT2D eigenvalue weighted by Crippen LogP contribution is -2.03. The quantitative estimate of drug-likeness (QED) is 0.427. The summed E-state index contributed by atoms with van der Waals surface area (Å²) in [5.74, 6) is 0.602. The lowest BCUT2D eigenvalue weighted by molar-refractivity contribution is -0.384. The fraction of sp³-hybridized carbons (Fsp3) is 0.0500. The van der Waals surface area contributed by atoms with Gasteiger partial charge in [-0.2, -0.15) is 10.5 Å². The Labute approximate surface area is 159 Å². The summed E-state index contributed by atoms with van der Waals surface area (Å²) in [6.45, 7) is 1.81. The Morgan fingerprint density at radius 1 is 1.14 bits per heavy atom. The molecule has 0 spiro atoms. The number of anilines is 2. The van der Waals surface area contributed by atoms with Crippen molar-refractivity contribution in [2.75, 3.05) is 5.32 Å². The number of rotatable bonds is 3. The normalized spacial score (nSPS) is 10.5. The first-order valence-corrected chi connectivity index (χ1v) is 8.30. The van der Waals surface area contributed by atoms with Crippen molar-refractivity contribution in [2.24, 2.45) is 0 Å². The van der Waals surface area contributed by atoms with E-state index < -0.39 is 4.92 Å². The second-order valence-corrected chi connectivity index (χ2v) is 6.18. The Kier molecular flexibility index (Phi) is 3.88. The van der Waals surface area contributed by atoms with Gasteiger partial charge in [-0.3, -0.25) is 14.5 Å². The fourth-order valence-corrected chi connectivity index (χ4v) is 3.17. The third kappa shape index (κ3) is 2.57. The molecule has 0 atom stereocenters. The summed E-state index contributed by atoms with van der Waals surface area (Å²) in [5.41, 5.74) is 3.65. The van der Waals surface area contributed by atoms with E-state index >= 15 is 0 Å². The first kappa shape index (κ1) is 17.0. The Bertz CT molecular complexity index is 1360. The molecule has 0 unspecified atom stereocenters. The van der Waals surface area contributed by atoms with E-state index in [1.54, 1.807) is 6.07 Å². The molecule has 134 valence electrons. The molecular formula is C20H12N6O2. The number of nitriles is 2. The molecule has 0 radical (unpaired) electrons. The summed E-state index contributed by atoms with van der Waals surface area (Å²) in [4.78, 5) is 15.0. The number of aryl methyl sites for hydroxylation is 1.